The van der Waals surface area contributed by atoms with E-state index in [0.29, 0.717) is 10.0 Å². The van der Waals surface area contributed by atoms with Crippen molar-refractivity contribution in [3.63, 3.8) is 0 Å². The van der Waals surface area contributed by atoms with Gasteiger partial charge in [-0.25, -0.2) is 4.39 Å². The quantitative estimate of drug-likeness (QED) is 0.863. The molecule has 15 heavy (non-hydrogen) atoms. The smallest absolute Gasteiger partial charge is 0.130 e. The molecule has 3 heteroatoms. The van der Waals surface area contributed by atoms with Gasteiger partial charge in [0.2, 0.25) is 0 Å². The zero-order chi connectivity index (χ0) is 11.4. The molecule has 1 aromatic carbocycles. The first kappa shape index (κ1) is 12.7. The molecule has 1 aliphatic rings. The molecule has 1 nitrogen and oxygen atoms in total. The van der Waals surface area contributed by atoms with Crippen molar-refractivity contribution in [1.29, 1.82) is 0 Å². The highest BCUT2D eigenvalue weighted by Gasteiger charge is 2.32. The molecule has 1 fully saturated rings. The van der Waals surface area contributed by atoms with E-state index in [1.54, 1.807) is 12.1 Å². The zero-order valence-electron chi connectivity index (χ0n) is 9.00. The number of aliphatic hydroxyl groups excluding tert-OH is 1. The van der Waals surface area contributed by atoms with Gasteiger partial charge >= 0.3 is 0 Å². The molecule has 0 saturated heterocycles. The van der Waals surface area contributed by atoms with Gasteiger partial charge in [-0.1, -0.05) is 35.8 Å². The summed E-state index contributed by atoms with van der Waals surface area (Å²) in [4.78, 5) is 0. The monoisotopic (exact) mass is 274 g/mol. The van der Waals surface area contributed by atoms with Gasteiger partial charge in [-0.15, -0.1) is 0 Å². The Kier molecular flexibility index (Phi) is 4.74. The first-order valence-corrected chi connectivity index (χ1v) is 6.11. The molecule has 0 bridgehead atoms. The minimum atomic E-state index is -0.618. The molecular formula is C12H16BrFO. The van der Waals surface area contributed by atoms with Crippen LogP contribution in [0.3, 0.4) is 0 Å². The van der Waals surface area contributed by atoms with E-state index in [2.05, 4.69) is 15.9 Å². The van der Waals surface area contributed by atoms with Crippen molar-refractivity contribution in [3.05, 3.63) is 34.1 Å². The van der Waals surface area contributed by atoms with E-state index in [-0.39, 0.29) is 11.7 Å². The third kappa shape index (κ3) is 3.28. The highest BCUT2D eigenvalue weighted by molar-refractivity contribution is 9.10. The van der Waals surface area contributed by atoms with Crippen LogP contribution in [0.1, 0.15) is 38.4 Å². The molecule has 1 aromatic rings. The van der Waals surface area contributed by atoms with Gasteiger partial charge in [-0.3, -0.25) is 0 Å². The average molecular weight is 275 g/mol. The lowest BCUT2D eigenvalue weighted by Crippen LogP contribution is -2.02. The van der Waals surface area contributed by atoms with Crippen LogP contribution in [0.5, 0.6) is 0 Å². The molecule has 1 atom stereocenters. The molecular weight excluding hydrogens is 259 g/mol. The SMILES string of the molecule is CC.OC(c1ccc(Br)cc1F)C1CC1. The van der Waals surface area contributed by atoms with Gasteiger partial charge in [0.15, 0.2) is 0 Å². The van der Waals surface area contributed by atoms with Gasteiger partial charge in [0.1, 0.15) is 5.82 Å². The molecule has 1 unspecified atom stereocenters. The summed E-state index contributed by atoms with van der Waals surface area (Å²) >= 11 is 3.18. The highest BCUT2D eigenvalue weighted by Crippen LogP contribution is 2.41. The summed E-state index contributed by atoms with van der Waals surface area (Å²) in [5, 5.41) is 9.68. The van der Waals surface area contributed by atoms with Crippen molar-refractivity contribution in [1.82, 2.24) is 0 Å². The van der Waals surface area contributed by atoms with Crippen LogP contribution in [0.4, 0.5) is 4.39 Å². The largest absolute Gasteiger partial charge is 0.388 e. The van der Waals surface area contributed by atoms with E-state index in [1.165, 1.54) is 6.07 Å². The Hall–Kier alpha value is -0.410. The fourth-order valence-electron chi connectivity index (χ4n) is 1.41. The molecule has 1 saturated carbocycles. The topological polar surface area (TPSA) is 20.2 Å². The summed E-state index contributed by atoms with van der Waals surface area (Å²) in [7, 11) is 0. The molecule has 0 amide bonds. The van der Waals surface area contributed by atoms with Crippen LogP contribution in [0.15, 0.2) is 22.7 Å². The van der Waals surface area contributed by atoms with E-state index in [4.69, 9.17) is 0 Å². The summed E-state index contributed by atoms with van der Waals surface area (Å²) in [6.07, 6.45) is 1.40. The van der Waals surface area contributed by atoms with Gasteiger partial charge in [-0.2, -0.15) is 0 Å². The van der Waals surface area contributed by atoms with Crippen molar-refractivity contribution in [2.24, 2.45) is 5.92 Å². The molecule has 84 valence electrons. The van der Waals surface area contributed by atoms with Gasteiger partial charge in [-0.05, 0) is 30.9 Å². The first-order valence-electron chi connectivity index (χ1n) is 5.31. The van der Waals surface area contributed by atoms with Crippen LogP contribution in [0.2, 0.25) is 0 Å². The molecule has 1 N–H and O–H groups in total. The van der Waals surface area contributed by atoms with Crippen molar-refractivity contribution in [2.75, 3.05) is 0 Å². The Morgan fingerprint density at radius 3 is 2.47 bits per heavy atom. The third-order valence-corrected chi connectivity index (χ3v) is 2.84. The molecule has 0 aliphatic heterocycles. The minimum absolute atomic E-state index is 0.274. The Balaban J connectivity index is 0.000000531. The molecule has 2 rings (SSSR count). The van der Waals surface area contributed by atoms with Crippen molar-refractivity contribution >= 4 is 15.9 Å². The van der Waals surface area contributed by atoms with Crippen LogP contribution >= 0.6 is 15.9 Å². The Morgan fingerprint density at radius 1 is 1.40 bits per heavy atom. The number of hydrogen-bond donors (Lipinski definition) is 1. The van der Waals surface area contributed by atoms with Crippen LogP contribution in [0, 0.1) is 11.7 Å². The standard InChI is InChI=1S/C10H10BrFO.C2H6/c11-7-3-4-8(9(12)5-7)10(13)6-1-2-6;1-2/h3-6,10,13H,1-2H2;1-2H3. The van der Waals surface area contributed by atoms with E-state index in [1.807, 2.05) is 13.8 Å². The predicted octanol–water partition coefficient (Wildman–Crippen LogP) is 4.06. The number of aliphatic hydroxyl groups is 1. The van der Waals surface area contributed by atoms with Crippen LogP contribution in [-0.2, 0) is 0 Å². The molecule has 0 spiro atoms. The van der Waals surface area contributed by atoms with Crippen LogP contribution < -0.4 is 0 Å². The lowest BCUT2D eigenvalue weighted by molar-refractivity contribution is 0.149. The fraction of sp³-hybridized carbons (Fsp3) is 0.500. The number of halogens is 2. The average Bonchev–Trinajstić information content (AvgIpc) is 3.03. The van der Waals surface area contributed by atoms with Gasteiger partial charge in [0.05, 0.1) is 6.10 Å². The fourth-order valence-corrected chi connectivity index (χ4v) is 1.74. The lowest BCUT2D eigenvalue weighted by atomic mass is 10.1. The van der Waals surface area contributed by atoms with Gasteiger partial charge in [0, 0.05) is 10.0 Å². The third-order valence-electron chi connectivity index (χ3n) is 2.35. The summed E-state index contributed by atoms with van der Waals surface area (Å²) < 4.78 is 14.0. The predicted molar refractivity (Wildman–Crippen MR) is 63.1 cm³/mol. The highest BCUT2D eigenvalue weighted by atomic mass is 79.9. The number of rotatable bonds is 2. The minimum Gasteiger partial charge on any atom is -0.388 e. The maximum atomic E-state index is 13.3. The second kappa shape index (κ2) is 5.61. The maximum absolute atomic E-state index is 13.3. The molecule has 0 aromatic heterocycles. The van der Waals surface area contributed by atoms with E-state index in [0.717, 1.165) is 12.8 Å². The van der Waals surface area contributed by atoms with Crippen LogP contribution in [0.25, 0.3) is 0 Å². The van der Waals surface area contributed by atoms with E-state index >= 15 is 0 Å². The Labute approximate surface area is 98.4 Å². The zero-order valence-corrected chi connectivity index (χ0v) is 10.6. The Bertz CT molecular complexity index is 323. The normalized spacial score (nSPS) is 16.6. The molecule has 0 heterocycles. The summed E-state index contributed by atoms with van der Waals surface area (Å²) in [5.74, 6) is -0.0514. The molecule has 1 aliphatic carbocycles. The number of hydrogen-bond acceptors (Lipinski definition) is 1. The summed E-state index contributed by atoms with van der Waals surface area (Å²) in [5.41, 5.74) is 0.422. The first-order chi connectivity index (χ1) is 7.18. The summed E-state index contributed by atoms with van der Waals surface area (Å²) in [6.45, 7) is 4.00. The number of benzene rings is 1. The second-order valence-corrected chi connectivity index (χ2v) is 4.36. The van der Waals surface area contributed by atoms with Crippen LogP contribution in [-0.4, -0.2) is 5.11 Å². The van der Waals surface area contributed by atoms with Crippen molar-refractivity contribution in [3.8, 4) is 0 Å². The van der Waals surface area contributed by atoms with E-state index < -0.39 is 6.10 Å². The second-order valence-electron chi connectivity index (χ2n) is 3.45. The van der Waals surface area contributed by atoms with Gasteiger partial charge < -0.3 is 5.11 Å². The molecule has 0 radical (unpaired) electrons. The van der Waals surface area contributed by atoms with E-state index in [9.17, 15) is 9.50 Å². The summed E-state index contributed by atoms with van der Waals surface area (Å²) in [6, 6.07) is 4.79. The Morgan fingerprint density at radius 2 is 2.00 bits per heavy atom. The lowest BCUT2D eigenvalue weighted by Gasteiger charge is -2.10. The van der Waals surface area contributed by atoms with Gasteiger partial charge in [0.25, 0.3) is 0 Å². The maximum Gasteiger partial charge on any atom is 0.130 e. The van der Waals surface area contributed by atoms with Crippen molar-refractivity contribution < 1.29 is 9.50 Å². The van der Waals surface area contributed by atoms with Crippen molar-refractivity contribution in [2.45, 2.75) is 32.8 Å².